The molecule has 0 spiro atoms. The molecule has 3 atom stereocenters. The number of carbonyl (C=O) groups excluding carboxylic acids is 2. The summed E-state index contributed by atoms with van der Waals surface area (Å²) in [7, 11) is 1.54. The number of thiazole rings is 1. The van der Waals surface area contributed by atoms with Crippen LogP contribution in [-0.4, -0.2) is 129 Å². The number of aliphatic carboxylic acids is 1. The third-order valence-corrected chi connectivity index (χ3v) is 13.1. The predicted octanol–water partition coefficient (Wildman–Crippen LogP) is 6.96. The van der Waals surface area contributed by atoms with Crippen molar-refractivity contribution in [3.05, 3.63) is 52.1 Å². The molecule has 4 N–H and O–H groups in total. The molecular weight excluding hydrogens is 866 g/mol. The molecular formula is C46H61F3N8O7S. The van der Waals surface area contributed by atoms with Crippen LogP contribution in [0.3, 0.4) is 0 Å². The summed E-state index contributed by atoms with van der Waals surface area (Å²) in [6, 6.07) is 5.64. The zero-order valence-corrected chi connectivity index (χ0v) is 38.9. The first kappa shape index (κ1) is 48.1. The van der Waals surface area contributed by atoms with E-state index in [1.54, 1.807) is 51.6 Å². The summed E-state index contributed by atoms with van der Waals surface area (Å²) < 4.78 is 57.0. The predicted molar refractivity (Wildman–Crippen MR) is 242 cm³/mol. The summed E-state index contributed by atoms with van der Waals surface area (Å²) in [6.07, 6.45) is -0.840. The van der Waals surface area contributed by atoms with Crippen LogP contribution in [0.25, 0.3) is 33.4 Å². The third-order valence-electron chi connectivity index (χ3n) is 12.2. The topological polar surface area (TPSA) is 175 Å². The maximum Gasteiger partial charge on any atom is 0.408 e. The number of nitrogens with zero attached hydrogens (tertiary/aromatic N) is 6. The summed E-state index contributed by atoms with van der Waals surface area (Å²) in [4.78, 5) is 53.2. The van der Waals surface area contributed by atoms with Crippen molar-refractivity contribution in [3.8, 4) is 22.5 Å². The van der Waals surface area contributed by atoms with Crippen molar-refractivity contribution in [2.75, 3.05) is 51.3 Å². The van der Waals surface area contributed by atoms with Crippen molar-refractivity contribution in [2.24, 2.45) is 5.41 Å². The molecule has 2 aliphatic heterocycles. The van der Waals surface area contributed by atoms with Crippen LogP contribution in [0.2, 0.25) is 0 Å². The molecule has 1 aliphatic carbocycles. The number of alkyl halides is 3. The fraction of sp³-hybridized carbons (Fsp3) is 0.587. The van der Waals surface area contributed by atoms with E-state index in [0.717, 1.165) is 31.9 Å². The Morgan fingerprint density at radius 2 is 1.75 bits per heavy atom. The number of benzene rings is 1. The van der Waals surface area contributed by atoms with Crippen molar-refractivity contribution >= 4 is 45.9 Å². The summed E-state index contributed by atoms with van der Waals surface area (Å²) in [5.74, 6) is -1.66. The average molecular weight is 927 g/mol. The van der Waals surface area contributed by atoms with E-state index < -0.39 is 59.9 Å². The number of hydrogen-bond acceptors (Lipinski definition) is 12. The molecule has 7 rings (SSSR count). The highest BCUT2D eigenvalue weighted by Gasteiger charge is 2.37. The van der Waals surface area contributed by atoms with Crippen molar-refractivity contribution in [1.82, 2.24) is 35.2 Å². The van der Waals surface area contributed by atoms with Crippen LogP contribution in [0.4, 0.5) is 23.7 Å². The van der Waals surface area contributed by atoms with Gasteiger partial charge in [0.2, 0.25) is 0 Å². The van der Waals surface area contributed by atoms with Gasteiger partial charge in [-0.3, -0.25) is 24.5 Å². The molecule has 4 aromatic rings. The van der Waals surface area contributed by atoms with Gasteiger partial charge in [-0.05, 0) is 89.0 Å². The molecule has 0 radical (unpaired) electrons. The first-order valence-electron chi connectivity index (χ1n) is 22.2. The Kier molecular flexibility index (Phi) is 14.2. The number of alkyl carbamates (subject to hydrolysis) is 1. The number of aromatic nitrogens is 3. The zero-order valence-electron chi connectivity index (χ0n) is 38.1. The molecule has 354 valence electrons. The maximum atomic E-state index is 14.8. The summed E-state index contributed by atoms with van der Waals surface area (Å²) in [6.45, 7) is 12.7. The summed E-state index contributed by atoms with van der Waals surface area (Å²) in [5.41, 5.74) is 5.41. The van der Waals surface area contributed by atoms with Gasteiger partial charge in [0.1, 0.15) is 24.2 Å². The molecule has 65 heavy (non-hydrogen) atoms. The highest BCUT2D eigenvalue weighted by atomic mass is 32.1. The molecule has 0 bridgehead atoms. The summed E-state index contributed by atoms with van der Waals surface area (Å²) >= 11 is 1.24. The quantitative estimate of drug-likeness (QED) is 0.0967. The second-order valence-electron chi connectivity index (χ2n) is 19.2. The number of ether oxygens (including phenoxy) is 2. The van der Waals surface area contributed by atoms with Gasteiger partial charge in [0.05, 0.1) is 40.1 Å². The summed E-state index contributed by atoms with van der Waals surface area (Å²) in [5, 5.41) is 26.9. The number of aliphatic hydroxyl groups excluding tert-OH is 1. The highest BCUT2D eigenvalue weighted by Crippen LogP contribution is 2.44. The van der Waals surface area contributed by atoms with E-state index in [2.05, 4.69) is 20.5 Å². The Bertz CT molecular complexity index is 2370. The van der Waals surface area contributed by atoms with Gasteiger partial charge in [-0.15, -0.1) is 11.3 Å². The van der Waals surface area contributed by atoms with E-state index in [1.807, 2.05) is 32.9 Å². The van der Waals surface area contributed by atoms with Crippen LogP contribution < -0.4 is 15.6 Å². The number of aliphatic hydroxyl groups is 1. The van der Waals surface area contributed by atoms with E-state index in [4.69, 9.17) is 19.4 Å². The Hall–Kier alpha value is -4.82. The minimum atomic E-state index is -4.59. The maximum absolute atomic E-state index is 14.8. The van der Waals surface area contributed by atoms with E-state index in [-0.39, 0.29) is 26.0 Å². The van der Waals surface area contributed by atoms with Crippen LogP contribution in [0.15, 0.2) is 35.8 Å². The lowest BCUT2D eigenvalue weighted by molar-refractivity contribution is -0.147. The van der Waals surface area contributed by atoms with Crippen LogP contribution >= 0.6 is 11.3 Å². The SMILES string of the molecule is CO[C@@H](C)c1ncc(N2CCN(C3CC3)CC2)cc1-c1c(CC(C)(C)CO)c2cc(-c3csc(C[C@H](NC(=O)OC(C)(C)C)C(=O)N4CCC[C@@H](C(=O)O)N4)n3)ccc2n1CC(F)(F)F. The molecule has 1 saturated carbocycles. The Balaban J connectivity index is 1.30. The number of nitrogens with one attached hydrogen (secondary N) is 2. The van der Waals surface area contributed by atoms with Crippen LogP contribution in [-0.2, 0) is 38.4 Å². The number of hydrogen-bond donors (Lipinski definition) is 4. The molecule has 19 heteroatoms. The molecule has 5 heterocycles. The van der Waals surface area contributed by atoms with E-state index in [1.165, 1.54) is 33.8 Å². The van der Waals surface area contributed by atoms with Crippen molar-refractivity contribution in [3.63, 3.8) is 0 Å². The number of carbonyl (C=O) groups is 3. The van der Waals surface area contributed by atoms with E-state index >= 15 is 0 Å². The number of carboxylic acid groups (broad SMARTS) is 1. The minimum Gasteiger partial charge on any atom is -0.480 e. The van der Waals surface area contributed by atoms with Gasteiger partial charge in [-0.2, -0.15) is 13.2 Å². The van der Waals surface area contributed by atoms with Gasteiger partial charge in [0.15, 0.2) is 0 Å². The van der Waals surface area contributed by atoms with Gasteiger partial charge in [-0.1, -0.05) is 19.9 Å². The first-order chi connectivity index (χ1) is 30.6. The lowest BCUT2D eigenvalue weighted by Crippen LogP contribution is -2.60. The fourth-order valence-electron chi connectivity index (χ4n) is 8.67. The Labute approximate surface area is 381 Å². The van der Waals surface area contributed by atoms with Crippen LogP contribution in [0.1, 0.15) is 89.6 Å². The van der Waals surface area contributed by atoms with Gasteiger partial charge < -0.3 is 34.5 Å². The van der Waals surface area contributed by atoms with Crippen molar-refractivity contribution in [2.45, 2.75) is 123 Å². The number of hydrazine groups is 1. The second-order valence-corrected chi connectivity index (χ2v) is 20.1. The standard InChI is InChI=1S/C46H61F3N8O7S/c1-27(63-7)39-32(20-30(23-50-39)55-17-15-54(16-18-55)29-11-12-29)40-33(22-45(5,6)26-58)31-19-28(10-13-37(31)56(40)25-46(47,48)49)36-24-65-38(51-36)21-35(52-43(62)64-44(2,3)4)41(59)57-14-8-9-34(53-57)42(60)61/h10,13,19-20,23-24,27,29,34-35,53,58H,8-9,11-12,14-18,21-22,25-26H2,1-7H3,(H,52,62)(H,60,61)/t27-,34-,35-/m0/s1. The normalized spacial score (nSPS) is 18.8. The molecule has 0 unspecified atom stereocenters. The smallest absolute Gasteiger partial charge is 0.408 e. The Morgan fingerprint density at radius 1 is 1.03 bits per heavy atom. The molecule has 3 fully saturated rings. The Morgan fingerprint density at radius 3 is 2.38 bits per heavy atom. The van der Waals surface area contributed by atoms with Gasteiger partial charge in [-0.25, -0.2) is 15.2 Å². The molecule has 2 amide bonds. The number of fused-ring (bicyclic) bond motifs is 1. The lowest BCUT2D eigenvalue weighted by Gasteiger charge is -2.36. The number of carboxylic acids is 1. The van der Waals surface area contributed by atoms with Gasteiger partial charge >= 0.3 is 18.2 Å². The molecule has 3 aliphatic rings. The number of pyridine rings is 1. The zero-order chi connectivity index (χ0) is 47.0. The molecule has 3 aromatic heterocycles. The largest absolute Gasteiger partial charge is 0.480 e. The van der Waals surface area contributed by atoms with E-state index in [9.17, 15) is 37.8 Å². The van der Waals surface area contributed by atoms with Gasteiger partial charge in [0, 0.05) is 86.3 Å². The first-order valence-corrected chi connectivity index (χ1v) is 23.1. The number of halogens is 3. The lowest BCUT2D eigenvalue weighted by atomic mass is 9.84. The number of piperazine rings is 1. The number of amides is 2. The molecule has 2 saturated heterocycles. The van der Waals surface area contributed by atoms with Crippen LogP contribution in [0, 0.1) is 5.41 Å². The van der Waals surface area contributed by atoms with E-state index in [0.29, 0.717) is 68.6 Å². The third kappa shape index (κ3) is 11.6. The van der Waals surface area contributed by atoms with Crippen molar-refractivity contribution < 1.29 is 47.2 Å². The van der Waals surface area contributed by atoms with Crippen LogP contribution in [0.5, 0.6) is 0 Å². The minimum absolute atomic E-state index is 0.0532. The number of methoxy groups -OCH3 is 1. The second kappa shape index (κ2) is 19.2. The molecule has 1 aromatic carbocycles. The highest BCUT2D eigenvalue weighted by molar-refractivity contribution is 7.10. The monoisotopic (exact) mass is 926 g/mol. The fourth-order valence-corrected chi connectivity index (χ4v) is 9.52. The molecule has 15 nitrogen and oxygen atoms in total. The van der Waals surface area contributed by atoms with Crippen molar-refractivity contribution in [1.29, 1.82) is 0 Å². The number of anilines is 1. The average Bonchev–Trinajstić information content (AvgIpc) is 3.94. The number of rotatable bonds is 15. The van der Waals surface area contributed by atoms with Gasteiger partial charge in [0.25, 0.3) is 5.91 Å².